The van der Waals surface area contributed by atoms with Crippen LogP contribution in [0, 0.1) is 12.7 Å². The summed E-state index contributed by atoms with van der Waals surface area (Å²) in [6.07, 6.45) is 0.880. The first-order chi connectivity index (χ1) is 19.9. The molecule has 8 nitrogen and oxygen atoms in total. The molecule has 0 aliphatic rings. The lowest BCUT2D eigenvalue weighted by Crippen LogP contribution is -2.38. The molecule has 1 unspecified atom stereocenters. The van der Waals surface area contributed by atoms with Gasteiger partial charge in [-0.1, -0.05) is 42.5 Å². The summed E-state index contributed by atoms with van der Waals surface area (Å²) in [5, 5.41) is 12.3. The summed E-state index contributed by atoms with van der Waals surface area (Å²) in [5.41, 5.74) is 3.47. The molecule has 0 heterocycles. The van der Waals surface area contributed by atoms with E-state index in [0.717, 1.165) is 35.2 Å². The fraction of sp³-hybridized carbons (Fsp3) is 0.375. The SMILES string of the molecule is CCOC(Cc1ccc(OCCN(CCCCOCc2ccc(F)cc2)C(=O)Nc2ccccc2C)cc1)C(=O)O. The molecule has 0 aliphatic carbocycles. The Kier molecular flexibility index (Phi) is 13.1. The summed E-state index contributed by atoms with van der Waals surface area (Å²) in [5.74, 6) is -0.633. The Bertz CT molecular complexity index is 1220. The molecule has 0 bridgehead atoms. The molecule has 2 N–H and O–H groups in total. The van der Waals surface area contributed by atoms with Crippen LogP contribution in [-0.2, 0) is 27.3 Å². The van der Waals surface area contributed by atoms with Gasteiger partial charge in [-0.25, -0.2) is 14.0 Å². The molecule has 3 rings (SSSR count). The number of nitrogens with zero attached hydrogens (tertiary/aromatic N) is 1. The number of halogens is 1. The summed E-state index contributed by atoms with van der Waals surface area (Å²) < 4.78 is 29.9. The Hall–Kier alpha value is -3.95. The van der Waals surface area contributed by atoms with Crippen LogP contribution in [0.3, 0.4) is 0 Å². The van der Waals surface area contributed by atoms with Crippen molar-refractivity contribution in [2.24, 2.45) is 0 Å². The molecule has 0 fully saturated rings. The lowest BCUT2D eigenvalue weighted by atomic mass is 10.1. The maximum atomic E-state index is 13.1. The number of hydrogen-bond acceptors (Lipinski definition) is 5. The van der Waals surface area contributed by atoms with E-state index in [1.165, 1.54) is 12.1 Å². The van der Waals surface area contributed by atoms with Gasteiger partial charge in [-0.3, -0.25) is 0 Å². The molecule has 0 aliphatic heterocycles. The van der Waals surface area contributed by atoms with E-state index in [4.69, 9.17) is 14.2 Å². The molecule has 0 saturated heterocycles. The number of amides is 2. The zero-order chi connectivity index (χ0) is 29.5. The standard InChI is InChI=1S/C32H39FN2O6/c1-3-40-30(31(36)37)22-25-12-16-28(17-13-25)41-21-19-35(32(38)34-29-9-5-4-8-24(29)2)18-6-7-20-39-23-26-10-14-27(33)15-11-26/h4-5,8-17,30H,3,6-7,18-23H2,1-2H3,(H,34,38)(H,36,37). The Morgan fingerprint density at radius 1 is 0.927 bits per heavy atom. The average Bonchev–Trinajstić information content (AvgIpc) is 2.96. The van der Waals surface area contributed by atoms with Crippen LogP contribution in [0.4, 0.5) is 14.9 Å². The smallest absolute Gasteiger partial charge is 0.333 e. The van der Waals surface area contributed by atoms with Crippen molar-refractivity contribution in [1.29, 1.82) is 0 Å². The molecule has 3 aromatic rings. The molecular formula is C32H39FN2O6. The molecule has 1 atom stereocenters. The number of anilines is 1. The van der Waals surface area contributed by atoms with Crippen LogP contribution >= 0.6 is 0 Å². The highest BCUT2D eigenvalue weighted by Gasteiger charge is 2.18. The predicted molar refractivity (Wildman–Crippen MR) is 156 cm³/mol. The number of para-hydroxylation sites is 1. The number of hydrogen-bond donors (Lipinski definition) is 2. The molecule has 9 heteroatoms. The number of carbonyl (C=O) groups excluding carboxylic acids is 1. The van der Waals surface area contributed by atoms with Crippen molar-refractivity contribution in [2.75, 3.05) is 38.2 Å². The van der Waals surface area contributed by atoms with Crippen LogP contribution in [0.5, 0.6) is 5.75 Å². The fourth-order valence-electron chi connectivity index (χ4n) is 4.13. The second kappa shape index (κ2) is 17.0. The first-order valence-electron chi connectivity index (χ1n) is 13.9. The third-order valence-electron chi connectivity index (χ3n) is 6.44. The summed E-state index contributed by atoms with van der Waals surface area (Å²) in [6, 6.07) is 20.9. The van der Waals surface area contributed by atoms with Crippen molar-refractivity contribution < 1.29 is 33.3 Å². The van der Waals surface area contributed by atoms with Crippen LogP contribution < -0.4 is 10.1 Å². The maximum absolute atomic E-state index is 13.1. The predicted octanol–water partition coefficient (Wildman–Crippen LogP) is 6.08. The Morgan fingerprint density at radius 3 is 2.32 bits per heavy atom. The maximum Gasteiger partial charge on any atom is 0.333 e. The zero-order valence-electron chi connectivity index (χ0n) is 23.7. The minimum Gasteiger partial charge on any atom is -0.492 e. The molecule has 0 aromatic heterocycles. The molecule has 0 radical (unpaired) electrons. The van der Waals surface area contributed by atoms with Crippen LogP contribution in [0.2, 0.25) is 0 Å². The van der Waals surface area contributed by atoms with Gasteiger partial charge in [0.2, 0.25) is 0 Å². The number of carbonyl (C=O) groups is 2. The highest BCUT2D eigenvalue weighted by Crippen LogP contribution is 2.16. The van der Waals surface area contributed by atoms with Gasteiger partial charge in [0.15, 0.2) is 6.10 Å². The molecule has 0 saturated carbocycles. The molecule has 41 heavy (non-hydrogen) atoms. The monoisotopic (exact) mass is 566 g/mol. The number of aryl methyl sites for hydroxylation is 1. The quantitative estimate of drug-likeness (QED) is 0.192. The molecule has 3 aromatic carbocycles. The van der Waals surface area contributed by atoms with Gasteiger partial charge >= 0.3 is 12.0 Å². The van der Waals surface area contributed by atoms with Crippen molar-refractivity contribution in [2.45, 2.75) is 45.8 Å². The summed E-state index contributed by atoms with van der Waals surface area (Å²) in [6.45, 7) is 6.16. The number of carboxylic acids is 1. The van der Waals surface area contributed by atoms with Gasteiger partial charge in [0.05, 0.1) is 13.2 Å². The van der Waals surface area contributed by atoms with E-state index < -0.39 is 12.1 Å². The lowest BCUT2D eigenvalue weighted by Gasteiger charge is -2.24. The Morgan fingerprint density at radius 2 is 1.63 bits per heavy atom. The first-order valence-corrected chi connectivity index (χ1v) is 13.9. The van der Waals surface area contributed by atoms with E-state index in [9.17, 15) is 19.1 Å². The largest absolute Gasteiger partial charge is 0.492 e. The van der Waals surface area contributed by atoms with E-state index in [-0.39, 0.29) is 24.9 Å². The minimum absolute atomic E-state index is 0.207. The van der Waals surface area contributed by atoms with Crippen LogP contribution in [-0.4, -0.2) is 61.0 Å². The van der Waals surface area contributed by atoms with E-state index in [1.54, 1.807) is 36.1 Å². The van der Waals surface area contributed by atoms with Crippen LogP contribution in [0.25, 0.3) is 0 Å². The average molecular weight is 567 g/mol. The number of nitrogens with one attached hydrogen (secondary N) is 1. The van der Waals surface area contributed by atoms with Crippen LogP contribution in [0.15, 0.2) is 72.8 Å². The summed E-state index contributed by atoms with van der Waals surface area (Å²) in [7, 11) is 0. The van der Waals surface area contributed by atoms with Crippen LogP contribution in [0.1, 0.15) is 36.5 Å². The molecule has 2 amide bonds. The molecule has 0 spiro atoms. The van der Waals surface area contributed by atoms with Gasteiger partial charge in [0.1, 0.15) is 18.2 Å². The fourth-order valence-corrected chi connectivity index (χ4v) is 4.13. The Labute approximate surface area is 241 Å². The van der Waals surface area contributed by atoms with E-state index in [1.807, 2.05) is 43.3 Å². The normalized spacial score (nSPS) is 11.6. The number of ether oxygens (including phenoxy) is 3. The van der Waals surface area contributed by atoms with E-state index in [2.05, 4.69) is 5.32 Å². The highest BCUT2D eigenvalue weighted by molar-refractivity contribution is 5.90. The number of unbranched alkanes of at least 4 members (excludes halogenated alkanes) is 1. The minimum atomic E-state index is -0.990. The summed E-state index contributed by atoms with van der Waals surface area (Å²) >= 11 is 0. The summed E-state index contributed by atoms with van der Waals surface area (Å²) in [4.78, 5) is 26.2. The number of urea groups is 1. The van der Waals surface area contributed by atoms with Crippen molar-refractivity contribution in [3.8, 4) is 5.75 Å². The van der Waals surface area contributed by atoms with Gasteiger partial charge < -0.3 is 29.5 Å². The van der Waals surface area contributed by atoms with Crippen molar-refractivity contribution >= 4 is 17.7 Å². The second-order valence-corrected chi connectivity index (χ2v) is 9.60. The van der Waals surface area contributed by atoms with Gasteiger partial charge in [0, 0.05) is 31.9 Å². The molecule has 220 valence electrons. The van der Waals surface area contributed by atoms with Crippen molar-refractivity contribution in [3.05, 3.63) is 95.3 Å². The lowest BCUT2D eigenvalue weighted by molar-refractivity contribution is -0.149. The highest BCUT2D eigenvalue weighted by atomic mass is 19.1. The van der Waals surface area contributed by atoms with Gasteiger partial charge in [-0.15, -0.1) is 0 Å². The first kappa shape index (κ1) is 31.6. The van der Waals surface area contributed by atoms with Crippen molar-refractivity contribution in [3.63, 3.8) is 0 Å². The van der Waals surface area contributed by atoms with Gasteiger partial charge in [0.25, 0.3) is 0 Å². The van der Waals surface area contributed by atoms with Crippen molar-refractivity contribution in [1.82, 2.24) is 4.90 Å². The van der Waals surface area contributed by atoms with E-state index in [0.29, 0.717) is 38.7 Å². The topological polar surface area (TPSA) is 97.3 Å². The molecular weight excluding hydrogens is 527 g/mol. The second-order valence-electron chi connectivity index (χ2n) is 9.60. The van der Waals surface area contributed by atoms with Gasteiger partial charge in [-0.2, -0.15) is 0 Å². The Balaban J connectivity index is 1.49. The number of rotatable bonds is 17. The third kappa shape index (κ3) is 11.2. The van der Waals surface area contributed by atoms with E-state index >= 15 is 0 Å². The zero-order valence-corrected chi connectivity index (χ0v) is 23.7. The number of carboxylic acid groups (broad SMARTS) is 1. The third-order valence-corrected chi connectivity index (χ3v) is 6.44. The van der Waals surface area contributed by atoms with Gasteiger partial charge in [-0.05, 0) is 73.7 Å². The number of benzene rings is 3. The number of aliphatic carboxylic acids is 1.